The van der Waals surface area contributed by atoms with E-state index in [0.29, 0.717) is 36.1 Å². The SMILES string of the molecule is CC(=O)N1CCC2(CC1)c1cc(Cl)ccc1N(CCC(=N)N)c1ccc(Cl)cc12. The Bertz CT molecular complexity index is 927. The van der Waals surface area contributed by atoms with Crippen molar-refractivity contribution in [3.05, 3.63) is 57.6 Å². The Balaban J connectivity index is 1.88. The number of carbonyl (C=O) groups excluding carboxylic acids is 1. The van der Waals surface area contributed by atoms with Crippen LogP contribution in [0, 0.1) is 5.41 Å². The lowest BCUT2D eigenvalue weighted by Gasteiger charge is -2.49. The number of amidine groups is 1. The highest BCUT2D eigenvalue weighted by atomic mass is 35.5. The van der Waals surface area contributed by atoms with Crippen molar-refractivity contribution < 1.29 is 4.79 Å². The van der Waals surface area contributed by atoms with Gasteiger partial charge < -0.3 is 15.5 Å². The van der Waals surface area contributed by atoms with Crippen LogP contribution in [0.4, 0.5) is 11.4 Å². The van der Waals surface area contributed by atoms with Crippen LogP contribution in [0.2, 0.25) is 10.0 Å². The number of amides is 1. The van der Waals surface area contributed by atoms with Gasteiger partial charge in [0.15, 0.2) is 0 Å². The first kappa shape index (κ1) is 20.0. The number of carbonyl (C=O) groups is 1. The second kappa shape index (κ2) is 7.54. The van der Waals surface area contributed by atoms with Gasteiger partial charge in [0, 0.05) is 59.8 Å². The van der Waals surface area contributed by atoms with Gasteiger partial charge in [-0.1, -0.05) is 23.2 Å². The zero-order valence-corrected chi connectivity index (χ0v) is 17.9. The van der Waals surface area contributed by atoms with Gasteiger partial charge in [-0.2, -0.15) is 0 Å². The fourth-order valence-corrected chi connectivity index (χ4v) is 5.09. The monoisotopic (exact) mass is 430 g/mol. The maximum Gasteiger partial charge on any atom is 0.219 e. The predicted octanol–water partition coefficient (Wildman–Crippen LogP) is 4.70. The van der Waals surface area contributed by atoms with Crippen LogP contribution in [0.25, 0.3) is 0 Å². The van der Waals surface area contributed by atoms with E-state index in [2.05, 4.69) is 17.0 Å². The molecule has 1 fully saturated rings. The number of hydrogen-bond donors (Lipinski definition) is 2. The lowest BCUT2D eigenvalue weighted by molar-refractivity contribution is -0.130. The van der Waals surface area contributed by atoms with Crippen molar-refractivity contribution in [2.24, 2.45) is 5.73 Å². The molecule has 4 rings (SSSR count). The molecule has 7 heteroatoms. The van der Waals surface area contributed by atoms with Crippen molar-refractivity contribution in [3.8, 4) is 0 Å². The largest absolute Gasteiger partial charge is 0.388 e. The molecule has 5 nitrogen and oxygen atoms in total. The molecule has 0 radical (unpaired) electrons. The molecular weight excluding hydrogens is 407 g/mol. The van der Waals surface area contributed by atoms with Crippen molar-refractivity contribution >= 4 is 46.3 Å². The molecule has 152 valence electrons. The minimum absolute atomic E-state index is 0.108. The van der Waals surface area contributed by atoms with Crippen molar-refractivity contribution in [2.45, 2.75) is 31.6 Å². The summed E-state index contributed by atoms with van der Waals surface area (Å²) in [6.45, 7) is 3.62. The van der Waals surface area contributed by atoms with Gasteiger partial charge in [0.05, 0.1) is 5.84 Å². The average Bonchev–Trinajstić information content (AvgIpc) is 2.69. The normalized spacial score (nSPS) is 17.1. The van der Waals surface area contributed by atoms with Gasteiger partial charge in [-0.15, -0.1) is 0 Å². The summed E-state index contributed by atoms with van der Waals surface area (Å²) in [5.74, 6) is 0.266. The summed E-state index contributed by atoms with van der Waals surface area (Å²) in [5.41, 5.74) is 9.89. The number of likely N-dealkylation sites (tertiary alicyclic amines) is 1. The number of benzene rings is 2. The molecular formula is C22H24Cl2N4O. The fourth-order valence-electron chi connectivity index (χ4n) is 4.74. The molecule has 2 aromatic rings. The van der Waals surface area contributed by atoms with E-state index in [4.69, 9.17) is 34.3 Å². The molecule has 0 bridgehead atoms. The van der Waals surface area contributed by atoms with Crippen LogP contribution in [0.3, 0.4) is 0 Å². The average molecular weight is 431 g/mol. The van der Waals surface area contributed by atoms with Crippen LogP contribution >= 0.6 is 23.2 Å². The van der Waals surface area contributed by atoms with Gasteiger partial charge in [0.25, 0.3) is 0 Å². The third kappa shape index (κ3) is 3.47. The second-order valence-corrected chi connectivity index (χ2v) is 8.71. The van der Waals surface area contributed by atoms with Crippen LogP contribution in [-0.4, -0.2) is 36.3 Å². The number of nitrogens with zero attached hydrogens (tertiary/aromatic N) is 2. The molecule has 2 aliphatic rings. The van der Waals surface area contributed by atoms with Gasteiger partial charge >= 0.3 is 0 Å². The van der Waals surface area contributed by atoms with Gasteiger partial charge in [0.1, 0.15) is 0 Å². The summed E-state index contributed by atoms with van der Waals surface area (Å²) >= 11 is 12.9. The zero-order chi connectivity index (χ0) is 20.8. The van der Waals surface area contributed by atoms with Crippen molar-refractivity contribution in [1.82, 2.24) is 4.90 Å². The van der Waals surface area contributed by atoms with Gasteiger partial charge in [0.2, 0.25) is 5.91 Å². The lowest BCUT2D eigenvalue weighted by Crippen LogP contribution is -2.47. The van der Waals surface area contributed by atoms with Crippen molar-refractivity contribution in [3.63, 3.8) is 0 Å². The summed E-state index contributed by atoms with van der Waals surface area (Å²) in [7, 11) is 0. The topological polar surface area (TPSA) is 73.4 Å². The van der Waals surface area contributed by atoms with E-state index in [0.717, 1.165) is 35.3 Å². The molecule has 1 spiro atoms. The number of nitrogens with one attached hydrogen (secondary N) is 1. The number of hydrogen-bond acceptors (Lipinski definition) is 3. The Morgan fingerprint density at radius 2 is 1.59 bits per heavy atom. The molecule has 2 aromatic carbocycles. The van der Waals surface area contributed by atoms with E-state index in [-0.39, 0.29) is 17.2 Å². The molecule has 1 saturated heterocycles. The lowest BCUT2D eigenvalue weighted by atomic mass is 9.65. The molecule has 1 amide bonds. The summed E-state index contributed by atoms with van der Waals surface area (Å²) < 4.78 is 0. The van der Waals surface area contributed by atoms with Crippen LogP contribution in [0.1, 0.15) is 37.3 Å². The van der Waals surface area contributed by atoms with Crippen molar-refractivity contribution in [2.75, 3.05) is 24.5 Å². The van der Waals surface area contributed by atoms with E-state index < -0.39 is 0 Å². The molecule has 2 aliphatic heterocycles. The Hall–Kier alpha value is -2.24. The molecule has 29 heavy (non-hydrogen) atoms. The molecule has 2 heterocycles. The minimum Gasteiger partial charge on any atom is -0.388 e. The minimum atomic E-state index is -0.251. The number of halogens is 2. The highest BCUT2D eigenvalue weighted by Gasteiger charge is 2.45. The fraction of sp³-hybridized carbons (Fsp3) is 0.364. The first-order valence-corrected chi connectivity index (χ1v) is 10.5. The third-order valence-electron chi connectivity index (χ3n) is 6.20. The molecule has 0 aromatic heterocycles. The Kier molecular flexibility index (Phi) is 5.21. The quantitative estimate of drug-likeness (QED) is 0.547. The third-order valence-corrected chi connectivity index (χ3v) is 6.67. The van der Waals surface area contributed by atoms with E-state index in [1.807, 2.05) is 29.2 Å². The van der Waals surface area contributed by atoms with E-state index in [9.17, 15) is 4.79 Å². The molecule has 0 atom stereocenters. The molecule has 0 aliphatic carbocycles. The molecule has 3 N–H and O–H groups in total. The number of fused-ring (bicyclic) bond motifs is 4. The van der Waals surface area contributed by atoms with E-state index in [1.165, 1.54) is 0 Å². The molecule has 0 unspecified atom stereocenters. The summed E-state index contributed by atoms with van der Waals surface area (Å²) in [4.78, 5) is 16.0. The Morgan fingerprint density at radius 3 is 2.03 bits per heavy atom. The van der Waals surface area contributed by atoms with Gasteiger partial charge in [-0.25, -0.2) is 0 Å². The summed E-state index contributed by atoms with van der Waals surface area (Å²) in [5, 5.41) is 9.05. The molecule has 0 saturated carbocycles. The Morgan fingerprint density at radius 1 is 1.07 bits per heavy atom. The number of rotatable bonds is 3. The van der Waals surface area contributed by atoms with Crippen LogP contribution < -0.4 is 10.6 Å². The predicted molar refractivity (Wildman–Crippen MR) is 119 cm³/mol. The Labute approximate surface area is 180 Å². The highest BCUT2D eigenvalue weighted by molar-refractivity contribution is 6.31. The first-order valence-electron chi connectivity index (χ1n) is 9.78. The van der Waals surface area contributed by atoms with E-state index >= 15 is 0 Å². The highest BCUT2D eigenvalue weighted by Crippen LogP contribution is 2.54. The smallest absolute Gasteiger partial charge is 0.219 e. The standard InChI is InChI=1S/C22H24Cl2N4O/c1-14(29)27-10-7-22(8-11-27)17-12-15(23)2-4-19(17)28(9-6-21(25)26)20-5-3-16(24)13-18(20)22/h2-5,12-13H,6-11H2,1H3,(H3,25,26). The summed E-state index contributed by atoms with van der Waals surface area (Å²) in [6, 6.07) is 12.0. The van der Waals surface area contributed by atoms with Crippen LogP contribution in [0.5, 0.6) is 0 Å². The second-order valence-electron chi connectivity index (χ2n) is 7.84. The van der Waals surface area contributed by atoms with Crippen molar-refractivity contribution in [1.29, 1.82) is 5.41 Å². The van der Waals surface area contributed by atoms with Gasteiger partial charge in [-0.3, -0.25) is 10.2 Å². The van der Waals surface area contributed by atoms with Crippen LogP contribution in [0.15, 0.2) is 36.4 Å². The van der Waals surface area contributed by atoms with E-state index in [1.54, 1.807) is 6.92 Å². The number of anilines is 2. The van der Waals surface area contributed by atoms with Gasteiger partial charge in [-0.05, 0) is 60.4 Å². The summed E-state index contributed by atoms with van der Waals surface area (Å²) in [6.07, 6.45) is 2.09. The maximum atomic E-state index is 11.9. The van der Waals surface area contributed by atoms with Crippen LogP contribution in [-0.2, 0) is 10.2 Å². The maximum absolute atomic E-state index is 11.9. The number of nitrogens with two attached hydrogens (primary N) is 1. The zero-order valence-electron chi connectivity index (χ0n) is 16.3. The first-order chi connectivity index (χ1) is 13.8. The number of piperidine rings is 1.